The monoisotopic (exact) mass is 232 g/mol. The minimum absolute atomic E-state index is 0.595. The lowest BCUT2D eigenvalue weighted by molar-refractivity contribution is 0.804. The second-order valence-electron chi connectivity index (χ2n) is 4.05. The lowest BCUT2D eigenvalue weighted by Gasteiger charge is -1.99. The lowest BCUT2D eigenvalue weighted by Crippen LogP contribution is -1.93. The average molecular weight is 232 g/mol. The van der Waals surface area contributed by atoms with Crippen LogP contribution in [0.2, 0.25) is 0 Å². The van der Waals surface area contributed by atoms with Gasteiger partial charge in [-0.05, 0) is 25.5 Å². The number of nitrogen functional groups attached to an aromatic ring is 1. The molecule has 3 heterocycles. The van der Waals surface area contributed by atoms with E-state index in [2.05, 4.69) is 23.1 Å². The Morgan fingerprint density at radius 3 is 2.88 bits per heavy atom. The number of hydrogen-bond acceptors (Lipinski definition) is 4. The van der Waals surface area contributed by atoms with Crippen molar-refractivity contribution >= 4 is 37.6 Å². The zero-order valence-corrected chi connectivity index (χ0v) is 10.2. The van der Waals surface area contributed by atoms with E-state index >= 15 is 0 Å². The number of hydrogen-bond donors (Lipinski definition) is 1. The Morgan fingerprint density at radius 1 is 1.38 bits per heavy atom. The van der Waals surface area contributed by atoms with Gasteiger partial charge in [-0.1, -0.05) is 0 Å². The molecule has 0 amide bonds. The predicted octanol–water partition coefficient (Wildman–Crippen LogP) is 2.38. The summed E-state index contributed by atoms with van der Waals surface area (Å²) in [6.07, 6.45) is 0. The molecule has 0 spiro atoms. The van der Waals surface area contributed by atoms with Crippen molar-refractivity contribution in [1.82, 2.24) is 14.8 Å². The molecule has 0 radical (unpaired) electrons. The van der Waals surface area contributed by atoms with Crippen molar-refractivity contribution < 1.29 is 0 Å². The van der Waals surface area contributed by atoms with Gasteiger partial charge in [0.1, 0.15) is 4.83 Å². The molecule has 0 aliphatic heterocycles. The molecule has 0 saturated carbocycles. The van der Waals surface area contributed by atoms with E-state index < -0.39 is 0 Å². The summed E-state index contributed by atoms with van der Waals surface area (Å²) in [5.41, 5.74) is 9.26. The van der Waals surface area contributed by atoms with Crippen molar-refractivity contribution in [3.05, 3.63) is 17.3 Å². The van der Waals surface area contributed by atoms with Crippen LogP contribution < -0.4 is 5.73 Å². The number of thiophene rings is 1. The SMILES string of the molecule is Cc1cc(C)c2c(n1)sc1c(N)nn(C)c12. The second-order valence-corrected chi connectivity index (χ2v) is 5.05. The molecule has 5 heteroatoms. The lowest BCUT2D eigenvalue weighted by atomic mass is 10.1. The van der Waals surface area contributed by atoms with E-state index in [1.165, 1.54) is 10.9 Å². The third kappa shape index (κ3) is 1.09. The highest BCUT2D eigenvalue weighted by Gasteiger charge is 2.15. The van der Waals surface area contributed by atoms with E-state index in [9.17, 15) is 0 Å². The van der Waals surface area contributed by atoms with Crippen LogP contribution in [0.3, 0.4) is 0 Å². The Morgan fingerprint density at radius 2 is 2.12 bits per heavy atom. The third-order valence-electron chi connectivity index (χ3n) is 2.78. The van der Waals surface area contributed by atoms with E-state index in [1.54, 1.807) is 11.3 Å². The van der Waals surface area contributed by atoms with Gasteiger partial charge in [-0.2, -0.15) is 5.10 Å². The van der Waals surface area contributed by atoms with Gasteiger partial charge in [0, 0.05) is 18.1 Å². The number of fused-ring (bicyclic) bond motifs is 3. The summed E-state index contributed by atoms with van der Waals surface area (Å²) in [6, 6.07) is 2.09. The average Bonchev–Trinajstić information content (AvgIpc) is 2.66. The molecule has 2 N–H and O–H groups in total. The molecule has 4 nitrogen and oxygen atoms in total. The van der Waals surface area contributed by atoms with E-state index in [-0.39, 0.29) is 0 Å². The normalized spacial score (nSPS) is 11.7. The van der Waals surface area contributed by atoms with Crippen LogP contribution in [-0.4, -0.2) is 14.8 Å². The van der Waals surface area contributed by atoms with Crippen LogP contribution in [-0.2, 0) is 7.05 Å². The molecule has 0 atom stereocenters. The summed E-state index contributed by atoms with van der Waals surface area (Å²) in [7, 11) is 1.92. The number of nitrogens with two attached hydrogens (primary N) is 1. The molecule has 3 aromatic rings. The Balaban J connectivity index is 2.63. The first-order valence-corrected chi connectivity index (χ1v) is 5.88. The highest BCUT2D eigenvalue weighted by atomic mass is 32.1. The Labute approximate surface area is 96.7 Å². The number of nitrogens with zero attached hydrogens (tertiary/aromatic N) is 3. The van der Waals surface area contributed by atoms with E-state index in [0.717, 1.165) is 20.7 Å². The van der Waals surface area contributed by atoms with Crippen molar-refractivity contribution in [3.63, 3.8) is 0 Å². The molecule has 3 aromatic heterocycles. The topological polar surface area (TPSA) is 56.7 Å². The van der Waals surface area contributed by atoms with Crippen LogP contribution in [0.15, 0.2) is 6.07 Å². The summed E-state index contributed by atoms with van der Waals surface area (Å²) < 4.78 is 2.88. The zero-order valence-electron chi connectivity index (χ0n) is 9.40. The van der Waals surface area contributed by atoms with Gasteiger partial charge in [-0.25, -0.2) is 4.98 Å². The molecule has 0 fully saturated rings. The molecule has 0 saturated heterocycles. The fourth-order valence-electron chi connectivity index (χ4n) is 2.16. The van der Waals surface area contributed by atoms with Crippen molar-refractivity contribution in [2.24, 2.45) is 7.05 Å². The maximum absolute atomic E-state index is 5.88. The van der Waals surface area contributed by atoms with Gasteiger partial charge < -0.3 is 5.73 Å². The fourth-order valence-corrected chi connectivity index (χ4v) is 3.38. The van der Waals surface area contributed by atoms with Gasteiger partial charge in [-0.15, -0.1) is 11.3 Å². The number of rotatable bonds is 0. The van der Waals surface area contributed by atoms with E-state index in [1.807, 2.05) is 18.7 Å². The predicted molar refractivity (Wildman–Crippen MR) is 67.8 cm³/mol. The Hall–Kier alpha value is -1.62. The van der Waals surface area contributed by atoms with Gasteiger partial charge in [0.25, 0.3) is 0 Å². The van der Waals surface area contributed by atoms with Crippen LogP contribution >= 0.6 is 11.3 Å². The molecule has 16 heavy (non-hydrogen) atoms. The zero-order chi connectivity index (χ0) is 11.4. The summed E-state index contributed by atoms with van der Waals surface area (Å²) in [5.74, 6) is 0.595. The molecule has 0 aromatic carbocycles. The molecule has 0 aliphatic rings. The smallest absolute Gasteiger partial charge is 0.163 e. The molecule has 0 aliphatic carbocycles. The number of aryl methyl sites for hydroxylation is 3. The summed E-state index contributed by atoms with van der Waals surface area (Å²) in [4.78, 5) is 5.60. The van der Waals surface area contributed by atoms with Crippen molar-refractivity contribution in [2.75, 3.05) is 5.73 Å². The van der Waals surface area contributed by atoms with Gasteiger partial charge in [-0.3, -0.25) is 4.68 Å². The van der Waals surface area contributed by atoms with E-state index in [0.29, 0.717) is 5.82 Å². The van der Waals surface area contributed by atoms with Crippen molar-refractivity contribution in [3.8, 4) is 0 Å². The molecular weight excluding hydrogens is 220 g/mol. The molecule has 3 rings (SSSR count). The summed E-state index contributed by atoms with van der Waals surface area (Å²) in [5, 5.41) is 5.42. The Kier molecular flexibility index (Phi) is 1.77. The number of anilines is 1. The fraction of sp³-hybridized carbons (Fsp3) is 0.273. The molecule has 82 valence electrons. The molecule has 0 unspecified atom stereocenters. The molecule has 0 bridgehead atoms. The summed E-state index contributed by atoms with van der Waals surface area (Å²) >= 11 is 1.62. The largest absolute Gasteiger partial charge is 0.381 e. The standard InChI is InChI=1S/C11H12N4S/c1-5-4-6(2)13-11-7(5)8-9(16-11)10(12)14-15(8)3/h4H,1-3H3,(H2,12,14). The second kappa shape index (κ2) is 2.95. The van der Waals surface area contributed by atoms with Gasteiger partial charge in [0.15, 0.2) is 5.82 Å². The first-order valence-electron chi connectivity index (χ1n) is 5.07. The maximum Gasteiger partial charge on any atom is 0.163 e. The van der Waals surface area contributed by atoms with Crippen LogP contribution in [0.5, 0.6) is 0 Å². The van der Waals surface area contributed by atoms with Crippen LogP contribution in [0.1, 0.15) is 11.3 Å². The van der Waals surface area contributed by atoms with Gasteiger partial charge in [0.05, 0.1) is 10.2 Å². The van der Waals surface area contributed by atoms with Gasteiger partial charge in [0.2, 0.25) is 0 Å². The third-order valence-corrected chi connectivity index (χ3v) is 3.87. The van der Waals surface area contributed by atoms with E-state index in [4.69, 9.17) is 5.73 Å². The minimum Gasteiger partial charge on any atom is -0.381 e. The molecular formula is C11H12N4S. The van der Waals surface area contributed by atoms with Crippen LogP contribution in [0.4, 0.5) is 5.82 Å². The Bertz CT molecular complexity index is 708. The quantitative estimate of drug-likeness (QED) is 0.647. The van der Waals surface area contributed by atoms with Crippen LogP contribution in [0, 0.1) is 13.8 Å². The highest BCUT2D eigenvalue weighted by Crippen LogP contribution is 2.37. The van der Waals surface area contributed by atoms with Crippen molar-refractivity contribution in [1.29, 1.82) is 0 Å². The first kappa shape index (κ1) is 9.59. The van der Waals surface area contributed by atoms with Crippen molar-refractivity contribution in [2.45, 2.75) is 13.8 Å². The highest BCUT2D eigenvalue weighted by molar-refractivity contribution is 7.26. The van der Waals surface area contributed by atoms with Gasteiger partial charge >= 0.3 is 0 Å². The number of aromatic nitrogens is 3. The number of pyridine rings is 1. The minimum atomic E-state index is 0.595. The first-order chi connectivity index (χ1) is 7.58. The van der Waals surface area contributed by atoms with Crippen LogP contribution in [0.25, 0.3) is 20.4 Å². The summed E-state index contributed by atoms with van der Waals surface area (Å²) in [6.45, 7) is 4.12. The maximum atomic E-state index is 5.88.